The molecule has 20 heavy (non-hydrogen) atoms. The van der Waals surface area contributed by atoms with Crippen LogP contribution in [0.4, 0.5) is 0 Å². The molecule has 1 aliphatic rings. The van der Waals surface area contributed by atoms with Crippen LogP contribution >= 0.6 is 15.9 Å². The molecule has 0 saturated carbocycles. The van der Waals surface area contributed by atoms with Crippen LogP contribution in [0, 0.1) is 0 Å². The number of ether oxygens (including phenoxy) is 1. The number of amides is 1. The minimum atomic E-state index is -0.0236. The third-order valence-electron chi connectivity index (χ3n) is 3.65. The van der Waals surface area contributed by atoms with Gasteiger partial charge in [0.05, 0.1) is 17.3 Å². The Balaban J connectivity index is 1.97. The number of likely N-dealkylation sites (tertiary alicyclic amines) is 1. The zero-order chi connectivity index (χ0) is 14.5. The molecule has 1 saturated heterocycles. The Hall–Kier alpha value is -0.850. The molecule has 0 aromatic carbocycles. The second-order valence-corrected chi connectivity index (χ2v) is 6.00. The minimum absolute atomic E-state index is 0.0236. The lowest BCUT2D eigenvalue weighted by Crippen LogP contribution is -2.42. The van der Waals surface area contributed by atoms with Crippen molar-refractivity contribution in [2.45, 2.75) is 18.9 Å². The molecule has 1 aliphatic heterocycles. The Morgan fingerprint density at radius 3 is 3.10 bits per heavy atom. The van der Waals surface area contributed by atoms with Gasteiger partial charge >= 0.3 is 0 Å². The van der Waals surface area contributed by atoms with Crippen LogP contribution in [0.15, 0.2) is 21.2 Å². The fraction of sp³-hybridized carbons (Fsp3) is 0.643. The van der Waals surface area contributed by atoms with Gasteiger partial charge in [-0.1, -0.05) is 0 Å². The van der Waals surface area contributed by atoms with Gasteiger partial charge in [0.25, 0.3) is 5.91 Å². The van der Waals surface area contributed by atoms with Crippen molar-refractivity contribution in [1.82, 2.24) is 9.80 Å². The number of carbonyl (C=O) groups is 1. The fourth-order valence-electron chi connectivity index (χ4n) is 2.57. The number of methoxy groups -OCH3 is 1. The number of likely N-dealkylation sites (N-methyl/N-ethyl adjacent to an activating group) is 1. The smallest absolute Gasteiger partial charge is 0.291 e. The van der Waals surface area contributed by atoms with Crippen LogP contribution in [0.2, 0.25) is 0 Å². The van der Waals surface area contributed by atoms with Gasteiger partial charge in [0, 0.05) is 32.8 Å². The Bertz CT molecular complexity index is 449. The number of hydrogen-bond acceptors (Lipinski definition) is 4. The summed E-state index contributed by atoms with van der Waals surface area (Å²) >= 11 is 3.35. The van der Waals surface area contributed by atoms with E-state index in [0.29, 0.717) is 12.4 Å². The second kappa shape index (κ2) is 7.24. The minimum Gasteiger partial charge on any atom is -0.458 e. The molecule has 1 amide bonds. The third kappa shape index (κ3) is 3.62. The number of hydrogen-bond donors (Lipinski definition) is 0. The predicted molar refractivity (Wildman–Crippen MR) is 79.8 cm³/mol. The Morgan fingerprint density at radius 1 is 1.65 bits per heavy atom. The van der Waals surface area contributed by atoms with Gasteiger partial charge in [0.2, 0.25) is 5.76 Å². The molecule has 112 valence electrons. The van der Waals surface area contributed by atoms with E-state index >= 15 is 0 Å². The topological polar surface area (TPSA) is 45.9 Å². The van der Waals surface area contributed by atoms with E-state index in [-0.39, 0.29) is 11.9 Å². The monoisotopic (exact) mass is 344 g/mol. The van der Waals surface area contributed by atoms with Crippen molar-refractivity contribution in [2.75, 3.05) is 40.4 Å². The molecule has 1 aromatic rings. The van der Waals surface area contributed by atoms with E-state index in [4.69, 9.17) is 9.15 Å². The summed E-state index contributed by atoms with van der Waals surface area (Å²) in [5.41, 5.74) is 0. The average Bonchev–Trinajstić information content (AvgIpc) is 3.04. The molecule has 6 heteroatoms. The van der Waals surface area contributed by atoms with Crippen molar-refractivity contribution in [3.8, 4) is 0 Å². The van der Waals surface area contributed by atoms with Crippen LogP contribution in [0.25, 0.3) is 0 Å². The van der Waals surface area contributed by atoms with Crippen molar-refractivity contribution >= 4 is 21.8 Å². The van der Waals surface area contributed by atoms with Crippen molar-refractivity contribution in [1.29, 1.82) is 0 Å². The first-order valence-corrected chi connectivity index (χ1v) is 7.64. The van der Waals surface area contributed by atoms with Gasteiger partial charge < -0.3 is 19.0 Å². The van der Waals surface area contributed by atoms with Crippen LogP contribution in [0.1, 0.15) is 23.4 Å². The summed E-state index contributed by atoms with van der Waals surface area (Å²) < 4.78 is 11.1. The maximum absolute atomic E-state index is 12.5. The Kier molecular flexibility index (Phi) is 5.63. The van der Waals surface area contributed by atoms with E-state index in [1.807, 2.05) is 4.90 Å². The first-order valence-electron chi connectivity index (χ1n) is 6.85. The molecule has 1 aromatic heterocycles. The first-order chi connectivity index (χ1) is 9.63. The van der Waals surface area contributed by atoms with Crippen molar-refractivity contribution in [3.05, 3.63) is 22.6 Å². The van der Waals surface area contributed by atoms with Gasteiger partial charge in [0.1, 0.15) is 0 Å². The van der Waals surface area contributed by atoms with Gasteiger partial charge in [0.15, 0.2) is 0 Å². The molecule has 0 radical (unpaired) electrons. The molecule has 0 aliphatic carbocycles. The highest BCUT2D eigenvalue weighted by molar-refractivity contribution is 9.10. The molecular weight excluding hydrogens is 324 g/mol. The Morgan fingerprint density at radius 2 is 2.45 bits per heavy atom. The number of nitrogens with zero attached hydrogens (tertiary/aromatic N) is 2. The van der Waals surface area contributed by atoms with E-state index in [0.717, 1.165) is 36.9 Å². The molecular formula is C14H21BrN2O3. The van der Waals surface area contributed by atoms with Crippen LogP contribution in [0.5, 0.6) is 0 Å². The lowest BCUT2D eigenvalue weighted by molar-refractivity contribution is 0.0665. The van der Waals surface area contributed by atoms with E-state index in [2.05, 4.69) is 27.9 Å². The molecule has 2 rings (SSSR count). The lowest BCUT2D eigenvalue weighted by Gasteiger charge is -2.28. The summed E-state index contributed by atoms with van der Waals surface area (Å²) in [5.74, 6) is 0.376. The quantitative estimate of drug-likeness (QED) is 0.793. The fourth-order valence-corrected chi connectivity index (χ4v) is 2.94. The van der Waals surface area contributed by atoms with E-state index in [9.17, 15) is 4.79 Å². The maximum atomic E-state index is 12.5. The summed E-state index contributed by atoms with van der Waals surface area (Å²) in [6.45, 7) is 3.25. The number of halogens is 1. The highest BCUT2D eigenvalue weighted by Gasteiger charge is 2.32. The van der Waals surface area contributed by atoms with Crippen molar-refractivity contribution in [3.63, 3.8) is 0 Å². The SMILES string of the molecule is COCCN(C)C[C@H]1CCCN1C(=O)c1occc1Br. The highest BCUT2D eigenvalue weighted by atomic mass is 79.9. The van der Waals surface area contributed by atoms with Crippen molar-refractivity contribution in [2.24, 2.45) is 0 Å². The summed E-state index contributed by atoms with van der Waals surface area (Å²) in [4.78, 5) is 16.6. The molecule has 0 bridgehead atoms. The molecule has 0 N–H and O–H groups in total. The normalized spacial score (nSPS) is 19.0. The van der Waals surface area contributed by atoms with E-state index in [1.54, 1.807) is 13.2 Å². The average molecular weight is 345 g/mol. The number of carbonyl (C=O) groups excluding carboxylic acids is 1. The number of rotatable bonds is 6. The maximum Gasteiger partial charge on any atom is 0.291 e. The van der Waals surface area contributed by atoms with Crippen LogP contribution < -0.4 is 0 Å². The van der Waals surface area contributed by atoms with E-state index in [1.165, 1.54) is 6.26 Å². The summed E-state index contributed by atoms with van der Waals surface area (Å²) in [6, 6.07) is 2.00. The molecule has 1 atom stereocenters. The van der Waals surface area contributed by atoms with E-state index < -0.39 is 0 Å². The van der Waals surface area contributed by atoms with Crippen LogP contribution in [-0.4, -0.2) is 62.1 Å². The third-order valence-corrected chi connectivity index (χ3v) is 4.27. The van der Waals surface area contributed by atoms with Gasteiger partial charge in [-0.25, -0.2) is 0 Å². The second-order valence-electron chi connectivity index (χ2n) is 5.15. The zero-order valence-electron chi connectivity index (χ0n) is 12.0. The van der Waals surface area contributed by atoms with Crippen LogP contribution in [-0.2, 0) is 4.74 Å². The van der Waals surface area contributed by atoms with Crippen molar-refractivity contribution < 1.29 is 13.9 Å². The van der Waals surface area contributed by atoms with Gasteiger partial charge in [-0.2, -0.15) is 0 Å². The zero-order valence-corrected chi connectivity index (χ0v) is 13.6. The molecule has 1 fully saturated rings. The summed E-state index contributed by atoms with van der Waals surface area (Å²) in [6.07, 6.45) is 3.63. The largest absolute Gasteiger partial charge is 0.458 e. The number of furan rings is 1. The first kappa shape index (κ1) is 15.5. The van der Waals surface area contributed by atoms with Gasteiger partial charge in [-0.3, -0.25) is 4.79 Å². The van der Waals surface area contributed by atoms with Gasteiger partial charge in [-0.05, 0) is 41.9 Å². The Labute approximate surface area is 128 Å². The molecule has 0 unspecified atom stereocenters. The van der Waals surface area contributed by atoms with Crippen LogP contribution in [0.3, 0.4) is 0 Å². The molecule has 0 spiro atoms. The predicted octanol–water partition coefficient (Wildman–Crippen LogP) is 2.22. The molecule has 2 heterocycles. The van der Waals surface area contributed by atoms with Gasteiger partial charge in [-0.15, -0.1) is 0 Å². The highest BCUT2D eigenvalue weighted by Crippen LogP contribution is 2.25. The summed E-state index contributed by atoms with van der Waals surface area (Å²) in [5, 5.41) is 0. The molecule has 5 nitrogen and oxygen atoms in total. The lowest BCUT2D eigenvalue weighted by atomic mass is 10.2. The standard InChI is InChI=1S/C14H21BrN2O3/c1-16(7-9-19-2)10-11-4-3-6-17(11)14(18)13-12(15)5-8-20-13/h5,8,11H,3-4,6-7,9-10H2,1-2H3/t11-/m1/s1. The summed E-state index contributed by atoms with van der Waals surface area (Å²) in [7, 11) is 3.76.